The van der Waals surface area contributed by atoms with E-state index in [2.05, 4.69) is 26.1 Å². The van der Waals surface area contributed by atoms with Gasteiger partial charge in [0.1, 0.15) is 5.75 Å². The molecule has 1 aromatic rings. The summed E-state index contributed by atoms with van der Waals surface area (Å²) in [5.74, 6) is 2.15. The van der Waals surface area contributed by atoms with E-state index in [1.165, 1.54) is 5.56 Å². The van der Waals surface area contributed by atoms with Gasteiger partial charge in [0.05, 0.1) is 32.5 Å². The van der Waals surface area contributed by atoms with Gasteiger partial charge in [0.2, 0.25) is 0 Å². The molecule has 0 bridgehead atoms. The van der Waals surface area contributed by atoms with Crippen LogP contribution in [0.4, 0.5) is 3.89 Å². The standard InChI is InChI=1S/C18H29N2O2S.FHO3S/c1-6-20(4)12-16(11-17(20)18(21)19(2)3)23-13-14-7-9-15(22-5)10-8-14;1-5(2,3)4/h7-10,16-17H,6,11-13H2,1-5H3;(H,2,3,4)/q+1;/p-1/t16-,17-,20?;/m0./s1. The van der Waals surface area contributed by atoms with Crippen LogP contribution in [0, 0.1) is 0 Å². The Hall–Kier alpha value is -1.36. The Labute approximate surface area is 171 Å². The second-order valence-electron chi connectivity index (χ2n) is 7.14. The molecular weight excluding hydrogens is 407 g/mol. The number of benzene rings is 1. The Balaban J connectivity index is 0.000000696. The van der Waals surface area contributed by atoms with Crippen LogP contribution in [0.2, 0.25) is 0 Å². The SMILES string of the molecule is CC[N+]1(C)C[C@@H](SCc2ccc(OC)cc2)C[C@H]1C(=O)N(C)C.O=S(=O)([O-])F. The van der Waals surface area contributed by atoms with Crippen molar-refractivity contribution in [2.75, 3.05) is 41.3 Å². The average Bonchev–Trinajstić information content (AvgIpc) is 2.95. The van der Waals surface area contributed by atoms with Gasteiger partial charge in [-0.15, -0.1) is 15.6 Å². The summed E-state index contributed by atoms with van der Waals surface area (Å²) in [6.45, 7) is 4.26. The van der Waals surface area contributed by atoms with Crippen molar-refractivity contribution < 1.29 is 30.9 Å². The van der Waals surface area contributed by atoms with E-state index in [1.807, 2.05) is 38.0 Å². The molecule has 1 aromatic carbocycles. The topological polar surface area (TPSA) is 86.7 Å². The molecule has 7 nitrogen and oxygen atoms in total. The van der Waals surface area contributed by atoms with Crippen LogP contribution >= 0.6 is 11.8 Å². The summed E-state index contributed by atoms with van der Waals surface area (Å²) in [5, 5.41) is 0.538. The molecule has 0 N–H and O–H groups in total. The highest BCUT2D eigenvalue weighted by molar-refractivity contribution is 7.99. The fourth-order valence-corrected chi connectivity index (χ4v) is 4.63. The first-order chi connectivity index (χ1) is 12.9. The predicted molar refractivity (Wildman–Crippen MR) is 108 cm³/mol. The van der Waals surface area contributed by atoms with Crippen LogP contribution in [-0.2, 0) is 21.1 Å². The third kappa shape index (κ3) is 7.94. The third-order valence-corrected chi connectivity index (χ3v) is 6.27. The number of quaternary nitrogens is 1. The highest BCUT2D eigenvalue weighted by Crippen LogP contribution is 2.34. The molecule has 1 saturated heterocycles. The minimum absolute atomic E-state index is 0.100. The first kappa shape index (κ1) is 24.7. The van der Waals surface area contributed by atoms with Gasteiger partial charge in [-0.25, -0.2) is 8.42 Å². The van der Waals surface area contributed by atoms with Crippen molar-refractivity contribution in [3.05, 3.63) is 29.8 Å². The summed E-state index contributed by atoms with van der Waals surface area (Å²) in [7, 11) is 2.22. The lowest BCUT2D eigenvalue weighted by molar-refractivity contribution is -0.910. The lowest BCUT2D eigenvalue weighted by atomic mass is 10.2. The molecule has 3 atom stereocenters. The number of carbonyl (C=O) groups excluding carboxylic acids is 1. The molecule has 28 heavy (non-hydrogen) atoms. The van der Waals surface area contributed by atoms with Crippen molar-refractivity contribution >= 4 is 28.2 Å². The van der Waals surface area contributed by atoms with E-state index in [9.17, 15) is 8.68 Å². The van der Waals surface area contributed by atoms with Crippen molar-refractivity contribution in [2.45, 2.75) is 30.4 Å². The van der Waals surface area contributed by atoms with E-state index < -0.39 is 10.5 Å². The van der Waals surface area contributed by atoms with E-state index in [4.69, 9.17) is 17.7 Å². The second kappa shape index (κ2) is 10.4. The van der Waals surface area contributed by atoms with Crippen LogP contribution in [0.5, 0.6) is 5.75 Å². The molecule has 1 unspecified atom stereocenters. The number of hydrogen-bond donors (Lipinski definition) is 0. The third-order valence-electron chi connectivity index (χ3n) is 4.95. The van der Waals surface area contributed by atoms with Gasteiger partial charge in [0.15, 0.2) is 6.04 Å². The second-order valence-corrected chi connectivity index (χ2v) is 9.21. The lowest BCUT2D eigenvalue weighted by Gasteiger charge is -2.35. The summed E-state index contributed by atoms with van der Waals surface area (Å²) < 4.78 is 41.4. The number of hydrogen-bond acceptors (Lipinski definition) is 6. The van der Waals surface area contributed by atoms with Crippen molar-refractivity contribution in [3.8, 4) is 5.75 Å². The number of rotatable bonds is 6. The smallest absolute Gasteiger partial charge is 0.280 e. The number of amides is 1. The molecule has 160 valence electrons. The molecule has 1 amide bonds. The summed E-state index contributed by atoms with van der Waals surface area (Å²) in [6.07, 6.45) is 0.974. The number of nitrogens with zero attached hydrogens (tertiary/aromatic N) is 2. The quantitative estimate of drug-likeness (QED) is 0.385. The largest absolute Gasteiger partial charge is 0.722 e. The lowest BCUT2D eigenvalue weighted by Crippen LogP contribution is -2.54. The van der Waals surface area contributed by atoms with Crippen molar-refractivity contribution in [2.24, 2.45) is 0 Å². The van der Waals surface area contributed by atoms with Crippen LogP contribution in [0.1, 0.15) is 18.9 Å². The Bertz CT molecular complexity index is 735. The number of methoxy groups -OCH3 is 1. The molecule has 1 aliphatic rings. The summed E-state index contributed by atoms with van der Waals surface area (Å²) in [4.78, 5) is 14.2. The first-order valence-electron chi connectivity index (χ1n) is 8.85. The average molecular weight is 437 g/mol. The molecule has 1 aliphatic heterocycles. The molecule has 2 rings (SSSR count). The minimum atomic E-state index is -5.42. The maximum Gasteiger partial charge on any atom is 0.280 e. The highest BCUT2D eigenvalue weighted by atomic mass is 32.3. The first-order valence-corrected chi connectivity index (χ1v) is 11.2. The molecule has 0 aliphatic carbocycles. The Kier molecular flexibility index (Phi) is 9.19. The number of halogens is 1. The van der Waals surface area contributed by atoms with E-state index in [1.54, 1.807) is 12.0 Å². The molecule has 10 heteroatoms. The van der Waals surface area contributed by atoms with Crippen LogP contribution in [-0.4, -0.2) is 80.9 Å². The Morgan fingerprint density at radius 3 is 2.32 bits per heavy atom. The maximum atomic E-state index is 12.5. The summed E-state index contributed by atoms with van der Waals surface area (Å²) in [6, 6.07) is 8.36. The summed E-state index contributed by atoms with van der Waals surface area (Å²) >= 11 is 1.97. The fraction of sp³-hybridized carbons (Fsp3) is 0.611. The van der Waals surface area contributed by atoms with Gasteiger partial charge in [-0.1, -0.05) is 12.1 Å². The van der Waals surface area contributed by atoms with Gasteiger partial charge < -0.3 is 18.7 Å². The predicted octanol–water partition coefficient (Wildman–Crippen LogP) is 2.04. The van der Waals surface area contributed by atoms with E-state index in [0.717, 1.165) is 35.5 Å². The van der Waals surface area contributed by atoms with Gasteiger partial charge in [0, 0.05) is 26.3 Å². The van der Waals surface area contributed by atoms with Gasteiger partial charge >= 0.3 is 0 Å². The van der Waals surface area contributed by atoms with E-state index in [-0.39, 0.29) is 11.9 Å². The summed E-state index contributed by atoms with van der Waals surface area (Å²) in [5.41, 5.74) is 1.31. The Morgan fingerprint density at radius 1 is 1.36 bits per heavy atom. The maximum absolute atomic E-state index is 12.5. The number of ether oxygens (including phenoxy) is 1. The Morgan fingerprint density at radius 2 is 1.89 bits per heavy atom. The number of carbonyl (C=O) groups is 1. The van der Waals surface area contributed by atoms with E-state index >= 15 is 0 Å². The van der Waals surface area contributed by atoms with Gasteiger partial charge in [-0.2, -0.15) is 0 Å². The van der Waals surface area contributed by atoms with Crippen LogP contribution < -0.4 is 4.74 Å². The zero-order valence-electron chi connectivity index (χ0n) is 16.9. The number of likely N-dealkylation sites (N-methyl/N-ethyl adjacent to an activating group) is 2. The van der Waals surface area contributed by atoms with Gasteiger partial charge in [-0.3, -0.25) is 4.79 Å². The molecule has 0 spiro atoms. The van der Waals surface area contributed by atoms with Crippen molar-refractivity contribution in [1.82, 2.24) is 4.90 Å². The molecule has 1 fully saturated rings. The van der Waals surface area contributed by atoms with Crippen LogP contribution in [0.3, 0.4) is 0 Å². The highest BCUT2D eigenvalue weighted by Gasteiger charge is 2.47. The van der Waals surface area contributed by atoms with Crippen LogP contribution in [0.25, 0.3) is 0 Å². The monoisotopic (exact) mass is 436 g/mol. The van der Waals surface area contributed by atoms with Crippen molar-refractivity contribution in [3.63, 3.8) is 0 Å². The fourth-order valence-electron chi connectivity index (χ4n) is 3.24. The molecular formula is C18H29FN2O5S2. The molecule has 0 aromatic heterocycles. The van der Waals surface area contributed by atoms with Crippen LogP contribution in [0.15, 0.2) is 24.3 Å². The normalized spacial score (nSPS) is 24.2. The molecule has 0 radical (unpaired) electrons. The minimum Gasteiger partial charge on any atom is -0.722 e. The zero-order valence-corrected chi connectivity index (χ0v) is 18.6. The number of thioether (sulfide) groups is 1. The molecule has 0 saturated carbocycles. The molecule has 1 heterocycles. The zero-order chi connectivity index (χ0) is 21.5. The van der Waals surface area contributed by atoms with Gasteiger partial charge in [-0.05, 0) is 24.6 Å². The van der Waals surface area contributed by atoms with E-state index in [0.29, 0.717) is 5.25 Å². The van der Waals surface area contributed by atoms with Gasteiger partial charge in [0.25, 0.3) is 16.4 Å². The van der Waals surface area contributed by atoms with Crippen molar-refractivity contribution in [1.29, 1.82) is 0 Å². The number of likely N-dealkylation sites (tertiary alicyclic amines) is 1.